The van der Waals surface area contributed by atoms with Crippen LogP contribution in [0.4, 0.5) is 0 Å². The molecule has 0 aliphatic carbocycles. The average Bonchev–Trinajstić information content (AvgIpc) is 2.45. The lowest BCUT2D eigenvalue weighted by Gasteiger charge is -2.18. The molecule has 1 aromatic rings. The van der Waals surface area contributed by atoms with Crippen LogP contribution in [-0.2, 0) is 4.79 Å². The molecule has 4 heteroatoms. The fraction of sp³-hybridized carbons (Fsp3) is 0.250. The van der Waals surface area contributed by atoms with Crippen molar-refractivity contribution >= 4 is 23.3 Å². The van der Waals surface area contributed by atoms with Gasteiger partial charge in [0.2, 0.25) is 5.91 Å². The summed E-state index contributed by atoms with van der Waals surface area (Å²) in [5.41, 5.74) is 0.571. The van der Waals surface area contributed by atoms with Gasteiger partial charge in [-0.2, -0.15) is 0 Å². The largest absolute Gasteiger partial charge is 0.335 e. The molecule has 0 heterocycles. The highest BCUT2D eigenvalue weighted by Crippen LogP contribution is 2.12. The van der Waals surface area contributed by atoms with Gasteiger partial charge in [-0.1, -0.05) is 23.8 Å². The van der Waals surface area contributed by atoms with Crippen LogP contribution in [0, 0.1) is 0 Å². The summed E-state index contributed by atoms with van der Waals surface area (Å²) in [4.78, 5) is 25.5. The third-order valence-corrected chi connectivity index (χ3v) is 3.04. The molecule has 0 saturated heterocycles. The van der Waals surface area contributed by atoms with Crippen molar-refractivity contribution in [3.63, 3.8) is 0 Å². The smallest absolute Gasteiger partial charge is 0.223 e. The third-order valence-electron chi connectivity index (χ3n) is 2.78. The number of Topliss-reactive ketones (excluding diaryl/α,β-unsaturated/α-hetero) is 1. The van der Waals surface area contributed by atoms with Crippen LogP contribution in [0.15, 0.2) is 49.6 Å². The van der Waals surface area contributed by atoms with Gasteiger partial charge in [0.1, 0.15) is 0 Å². The summed E-state index contributed by atoms with van der Waals surface area (Å²) in [7, 11) is 0. The molecule has 0 bridgehead atoms. The van der Waals surface area contributed by atoms with E-state index < -0.39 is 0 Å². The molecule has 0 radical (unpaired) electrons. The number of carbonyl (C=O) groups is 2. The second-order valence-electron chi connectivity index (χ2n) is 4.31. The zero-order valence-corrected chi connectivity index (χ0v) is 12.1. The molecule has 0 spiro atoms. The lowest BCUT2D eigenvalue weighted by atomic mass is 10.1. The van der Waals surface area contributed by atoms with Crippen LogP contribution in [0.25, 0.3) is 0 Å². The van der Waals surface area contributed by atoms with E-state index in [2.05, 4.69) is 13.2 Å². The number of ketones is 1. The number of rotatable bonds is 8. The maximum absolute atomic E-state index is 12.0. The number of hydrogen-bond donors (Lipinski definition) is 0. The number of benzene rings is 1. The summed E-state index contributed by atoms with van der Waals surface area (Å²) in [6.07, 6.45) is 3.68. The highest BCUT2D eigenvalue weighted by molar-refractivity contribution is 6.30. The van der Waals surface area contributed by atoms with Crippen LogP contribution in [0.1, 0.15) is 23.2 Å². The lowest BCUT2D eigenvalue weighted by molar-refractivity contribution is -0.130. The first kappa shape index (κ1) is 16.2. The van der Waals surface area contributed by atoms with Gasteiger partial charge in [0, 0.05) is 36.5 Å². The van der Waals surface area contributed by atoms with Crippen LogP contribution in [0.3, 0.4) is 0 Å². The zero-order valence-electron chi connectivity index (χ0n) is 11.3. The Balaban J connectivity index is 2.54. The Morgan fingerprint density at radius 1 is 1.05 bits per heavy atom. The first-order valence-electron chi connectivity index (χ1n) is 6.36. The number of halogens is 1. The van der Waals surface area contributed by atoms with Crippen molar-refractivity contribution in [3.05, 3.63) is 60.2 Å². The SMILES string of the molecule is C=CCN(CC=C)C(=O)CCC(=O)c1ccc(Cl)cc1. The van der Waals surface area contributed by atoms with Crippen LogP contribution >= 0.6 is 11.6 Å². The van der Waals surface area contributed by atoms with Gasteiger partial charge < -0.3 is 4.90 Å². The van der Waals surface area contributed by atoms with E-state index in [1.165, 1.54) is 0 Å². The second-order valence-corrected chi connectivity index (χ2v) is 4.74. The van der Waals surface area contributed by atoms with Crippen molar-refractivity contribution < 1.29 is 9.59 Å². The van der Waals surface area contributed by atoms with Gasteiger partial charge in [-0.05, 0) is 24.3 Å². The van der Waals surface area contributed by atoms with E-state index in [0.29, 0.717) is 23.7 Å². The molecule has 20 heavy (non-hydrogen) atoms. The summed E-state index contributed by atoms with van der Waals surface area (Å²) in [5, 5.41) is 0.584. The van der Waals surface area contributed by atoms with Gasteiger partial charge in [0.25, 0.3) is 0 Å². The molecule has 0 fully saturated rings. The van der Waals surface area contributed by atoms with Gasteiger partial charge in [-0.3, -0.25) is 9.59 Å². The molecule has 1 amide bonds. The predicted octanol–water partition coefficient (Wildman–Crippen LogP) is 3.50. The minimum Gasteiger partial charge on any atom is -0.335 e. The quantitative estimate of drug-likeness (QED) is 0.543. The van der Waals surface area contributed by atoms with Gasteiger partial charge in [0.15, 0.2) is 5.78 Å². The van der Waals surface area contributed by atoms with Gasteiger partial charge >= 0.3 is 0 Å². The number of carbonyl (C=O) groups excluding carboxylic acids is 2. The summed E-state index contributed by atoms with van der Waals surface area (Å²) < 4.78 is 0. The third kappa shape index (κ3) is 5.02. The van der Waals surface area contributed by atoms with E-state index in [1.54, 1.807) is 41.3 Å². The summed E-state index contributed by atoms with van der Waals surface area (Å²) in [6.45, 7) is 8.13. The minimum atomic E-state index is -0.0767. The lowest BCUT2D eigenvalue weighted by Crippen LogP contribution is -2.31. The average molecular weight is 292 g/mol. The Kier molecular flexibility index (Phi) is 6.74. The molecule has 0 aliphatic heterocycles. The molecule has 0 atom stereocenters. The molecule has 0 aliphatic rings. The van der Waals surface area contributed by atoms with E-state index in [9.17, 15) is 9.59 Å². The maximum atomic E-state index is 12.0. The number of hydrogen-bond acceptors (Lipinski definition) is 2. The van der Waals surface area contributed by atoms with Crippen molar-refractivity contribution in [2.75, 3.05) is 13.1 Å². The van der Waals surface area contributed by atoms with E-state index in [1.807, 2.05) is 0 Å². The van der Waals surface area contributed by atoms with E-state index in [-0.39, 0.29) is 24.5 Å². The summed E-state index contributed by atoms with van der Waals surface area (Å²) >= 11 is 5.76. The normalized spacial score (nSPS) is 9.85. The van der Waals surface area contributed by atoms with E-state index in [0.717, 1.165) is 0 Å². The number of nitrogens with zero attached hydrogens (tertiary/aromatic N) is 1. The highest BCUT2D eigenvalue weighted by Gasteiger charge is 2.13. The second kappa shape index (κ2) is 8.33. The molecule has 1 aromatic carbocycles. The molecular weight excluding hydrogens is 274 g/mol. The molecule has 0 aromatic heterocycles. The Morgan fingerprint density at radius 3 is 2.10 bits per heavy atom. The molecule has 3 nitrogen and oxygen atoms in total. The number of amides is 1. The van der Waals surface area contributed by atoms with Crippen LogP contribution in [-0.4, -0.2) is 29.7 Å². The maximum Gasteiger partial charge on any atom is 0.223 e. The molecule has 106 valence electrons. The Labute approximate surface area is 124 Å². The van der Waals surface area contributed by atoms with Gasteiger partial charge in [0.05, 0.1) is 0 Å². The Morgan fingerprint density at radius 2 is 1.60 bits per heavy atom. The highest BCUT2D eigenvalue weighted by atomic mass is 35.5. The van der Waals surface area contributed by atoms with Crippen molar-refractivity contribution in [3.8, 4) is 0 Å². The van der Waals surface area contributed by atoms with Crippen molar-refractivity contribution in [2.24, 2.45) is 0 Å². The van der Waals surface area contributed by atoms with Crippen molar-refractivity contribution in [1.29, 1.82) is 0 Å². The van der Waals surface area contributed by atoms with Gasteiger partial charge in [-0.25, -0.2) is 0 Å². The Bertz CT molecular complexity index is 484. The van der Waals surface area contributed by atoms with Gasteiger partial charge in [-0.15, -0.1) is 13.2 Å². The molecule has 0 saturated carbocycles. The van der Waals surface area contributed by atoms with Crippen LogP contribution in [0.2, 0.25) is 5.02 Å². The molecule has 0 unspecified atom stereocenters. The van der Waals surface area contributed by atoms with Crippen LogP contribution < -0.4 is 0 Å². The minimum absolute atomic E-state index is 0.0628. The topological polar surface area (TPSA) is 37.4 Å². The predicted molar refractivity (Wildman–Crippen MR) is 82.0 cm³/mol. The summed E-state index contributed by atoms with van der Waals surface area (Å²) in [5.74, 6) is -0.140. The fourth-order valence-corrected chi connectivity index (χ4v) is 1.87. The van der Waals surface area contributed by atoms with E-state index in [4.69, 9.17) is 11.6 Å². The summed E-state index contributed by atoms with van der Waals surface area (Å²) in [6, 6.07) is 6.66. The monoisotopic (exact) mass is 291 g/mol. The molecule has 0 N–H and O–H groups in total. The standard InChI is InChI=1S/C16H18ClNO2/c1-3-11-18(12-4-2)16(20)10-9-15(19)13-5-7-14(17)8-6-13/h3-8H,1-2,9-12H2. The fourth-order valence-electron chi connectivity index (χ4n) is 1.75. The van der Waals surface area contributed by atoms with E-state index >= 15 is 0 Å². The molecule has 1 rings (SSSR count). The Hall–Kier alpha value is -1.87. The first-order valence-corrected chi connectivity index (χ1v) is 6.74. The van der Waals surface area contributed by atoms with Crippen molar-refractivity contribution in [1.82, 2.24) is 4.90 Å². The zero-order chi connectivity index (χ0) is 15.0. The van der Waals surface area contributed by atoms with Crippen LogP contribution in [0.5, 0.6) is 0 Å². The molecular formula is C16H18ClNO2. The van der Waals surface area contributed by atoms with Crippen molar-refractivity contribution in [2.45, 2.75) is 12.8 Å². The first-order chi connectivity index (χ1) is 9.58.